The van der Waals surface area contributed by atoms with E-state index in [2.05, 4.69) is 10.3 Å². The maximum atomic E-state index is 12.3. The highest BCUT2D eigenvalue weighted by Crippen LogP contribution is 2.24. The summed E-state index contributed by atoms with van der Waals surface area (Å²) >= 11 is 6.13. The van der Waals surface area contributed by atoms with Gasteiger partial charge in [0, 0.05) is 33.7 Å². The van der Waals surface area contributed by atoms with Gasteiger partial charge in [0.25, 0.3) is 5.56 Å². The molecule has 0 aliphatic rings. The van der Waals surface area contributed by atoms with Crippen LogP contribution in [0.2, 0.25) is 5.02 Å². The molecule has 0 saturated heterocycles. The number of hydrogen-bond acceptors (Lipinski definition) is 3. The van der Waals surface area contributed by atoms with Crippen molar-refractivity contribution < 1.29 is 4.74 Å². The molecule has 0 bridgehead atoms. The predicted octanol–water partition coefficient (Wildman–Crippen LogP) is 4.50. The van der Waals surface area contributed by atoms with Crippen molar-refractivity contribution >= 4 is 28.2 Å². The normalized spacial score (nSPS) is 10.8. The summed E-state index contributed by atoms with van der Waals surface area (Å²) in [4.78, 5) is 15.2. The van der Waals surface area contributed by atoms with Crippen molar-refractivity contribution in [1.82, 2.24) is 4.98 Å². The molecule has 0 spiro atoms. The first kappa shape index (κ1) is 16.4. The van der Waals surface area contributed by atoms with Crippen LogP contribution in [0.5, 0.6) is 5.75 Å². The summed E-state index contributed by atoms with van der Waals surface area (Å²) < 4.78 is 5.52. The van der Waals surface area contributed by atoms with Gasteiger partial charge in [-0.2, -0.15) is 0 Å². The Labute approximate surface area is 145 Å². The van der Waals surface area contributed by atoms with Crippen LogP contribution >= 0.6 is 11.6 Å². The molecule has 5 heteroatoms. The molecule has 2 aromatic carbocycles. The molecule has 0 saturated carbocycles. The average Bonchev–Trinajstić information content (AvgIpc) is 2.57. The Hall–Kier alpha value is -2.46. The molecule has 0 atom stereocenters. The fourth-order valence-corrected chi connectivity index (χ4v) is 2.78. The van der Waals surface area contributed by atoms with Crippen molar-refractivity contribution in [3.05, 3.63) is 69.0 Å². The Morgan fingerprint density at radius 1 is 1.21 bits per heavy atom. The zero-order valence-electron chi connectivity index (χ0n) is 13.7. The van der Waals surface area contributed by atoms with Gasteiger partial charge in [-0.3, -0.25) is 4.79 Å². The summed E-state index contributed by atoms with van der Waals surface area (Å²) in [5, 5.41) is 4.93. The number of aromatic nitrogens is 1. The summed E-state index contributed by atoms with van der Waals surface area (Å²) in [5.74, 6) is 0.793. The Bertz CT molecular complexity index is 934. The number of pyridine rings is 1. The number of rotatable bonds is 5. The minimum absolute atomic E-state index is 0.0983. The quantitative estimate of drug-likeness (QED) is 0.717. The van der Waals surface area contributed by atoms with E-state index in [-0.39, 0.29) is 5.56 Å². The lowest BCUT2D eigenvalue weighted by Gasteiger charge is -2.11. The summed E-state index contributed by atoms with van der Waals surface area (Å²) in [6.45, 7) is 4.92. The standard InChI is InChI=1S/C19H19ClN2O2/c1-3-24-15-7-8-18-13(10-15)9-14(19(23)22-18)11-21-17-6-4-5-16(20)12(17)2/h4-10,21H,3,11H2,1-2H3,(H,22,23). The second kappa shape index (κ2) is 6.97. The third-order valence-electron chi connectivity index (χ3n) is 3.94. The maximum Gasteiger partial charge on any atom is 0.253 e. The number of H-pyrrole nitrogens is 1. The summed E-state index contributed by atoms with van der Waals surface area (Å²) in [5.41, 5.74) is 3.25. The molecule has 3 rings (SSSR count). The van der Waals surface area contributed by atoms with Crippen LogP contribution in [0.4, 0.5) is 5.69 Å². The predicted molar refractivity (Wildman–Crippen MR) is 99.3 cm³/mol. The molecule has 0 aliphatic heterocycles. The second-order valence-corrected chi connectivity index (χ2v) is 5.98. The highest BCUT2D eigenvalue weighted by atomic mass is 35.5. The fourth-order valence-electron chi connectivity index (χ4n) is 2.61. The van der Waals surface area contributed by atoms with Gasteiger partial charge in [0.1, 0.15) is 5.75 Å². The zero-order valence-corrected chi connectivity index (χ0v) is 14.4. The lowest BCUT2D eigenvalue weighted by molar-refractivity contribution is 0.340. The molecular weight excluding hydrogens is 324 g/mol. The van der Waals surface area contributed by atoms with Crippen molar-refractivity contribution in [3.8, 4) is 5.75 Å². The smallest absolute Gasteiger partial charge is 0.253 e. The van der Waals surface area contributed by atoms with Crippen molar-refractivity contribution in [2.75, 3.05) is 11.9 Å². The summed E-state index contributed by atoms with van der Waals surface area (Å²) in [6.07, 6.45) is 0. The fraction of sp³-hybridized carbons (Fsp3) is 0.211. The number of aromatic amines is 1. The monoisotopic (exact) mass is 342 g/mol. The molecule has 4 nitrogen and oxygen atoms in total. The molecule has 1 heterocycles. The number of ether oxygens (including phenoxy) is 1. The van der Waals surface area contributed by atoms with Crippen LogP contribution in [0.1, 0.15) is 18.1 Å². The Kier molecular flexibility index (Phi) is 4.76. The minimum Gasteiger partial charge on any atom is -0.494 e. The third kappa shape index (κ3) is 3.39. The Morgan fingerprint density at radius 3 is 2.83 bits per heavy atom. The summed E-state index contributed by atoms with van der Waals surface area (Å²) in [7, 11) is 0. The van der Waals surface area contributed by atoms with E-state index in [1.54, 1.807) is 0 Å². The number of anilines is 1. The lowest BCUT2D eigenvalue weighted by atomic mass is 10.1. The molecule has 0 aliphatic carbocycles. The van der Waals surface area contributed by atoms with Crippen molar-refractivity contribution in [2.45, 2.75) is 20.4 Å². The zero-order chi connectivity index (χ0) is 17.1. The van der Waals surface area contributed by atoms with Crippen LogP contribution in [0.3, 0.4) is 0 Å². The van der Waals surface area contributed by atoms with Gasteiger partial charge in [-0.1, -0.05) is 17.7 Å². The van der Waals surface area contributed by atoms with Gasteiger partial charge in [0.15, 0.2) is 0 Å². The van der Waals surface area contributed by atoms with Crippen LogP contribution < -0.4 is 15.6 Å². The first-order valence-corrected chi connectivity index (χ1v) is 8.24. The number of benzene rings is 2. The molecule has 2 N–H and O–H groups in total. The molecular formula is C19H19ClN2O2. The van der Waals surface area contributed by atoms with Gasteiger partial charge in [0.2, 0.25) is 0 Å². The first-order valence-electron chi connectivity index (χ1n) is 7.86. The molecule has 3 aromatic rings. The molecule has 1 aromatic heterocycles. The van der Waals surface area contributed by atoms with Crippen molar-refractivity contribution in [3.63, 3.8) is 0 Å². The first-order chi connectivity index (χ1) is 11.6. The van der Waals surface area contributed by atoms with Gasteiger partial charge in [0.05, 0.1) is 6.61 Å². The third-order valence-corrected chi connectivity index (χ3v) is 4.35. The maximum absolute atomic E-state index is 12.3. The van der Waals surface area contributed by atoms with Crippen molar-refractivity contribution in [2.24, 2.45) is 0 Å². The molecule has 124 valence electrons. The van der Waals surface area contributed by atoms with Crippen LogP contribution in [0.15, 0.2) is 47.3 Å². The molecule has 0 unspecified atom stereocenters. The van der Waals surface area contributed by atoms with Crippen LogP contribution in [0.25, 0.3) is 10.9 Å². The van der Waals surface area contributed by atoms with Crippen LogP contribution in [0, 0.1) is 6.92 Å². The largest absolute Gasteiger partial charge is 0.494 e. The molecule has 0 fully saturated rings. The number of nitrogens with one attached hydrogen (secondary N) is 2. The van der Waals surface area contributed by atoms with E-state index < -0.39 is 0 Å². The van der Waals surface area contributed by atoms with Crippen LogP contribution in [-0.4, -0.2) is 11.6 Å². The highest BCUT2D eigenvalue weighted by Gasteiger charge is 2.06. The molecule has 24 heavy (non-hydrogen) atoms. The lowest BCUT2D eigenvalue weighted by Crippen LogP contribution is -2.16. The SMILES string of the molecule is CCOc1ccc2[nH]c(=O)c(CNc3cccc(Cl)c3C)cc2c1. The van der Waals surface area contributed by atoms with Gasteiger partial charge in [-0.25, -0.2) is 0 Å². The second-order valence-electron chi connectivity index (χ2n) is 5.57. The van der Waals surface area contributed by atoms with Gasteiger partial charge in [-0.05, 0) is 55.8 Å². The van der Waals surface area contributed by atoms with E-state index in [1.807, 2.05) is 56.3 Å². The van der Waals surface area contributed by atoms with Crippen molar-refractivity contribution in [1.29, 1.82) is 0 Å². The summed E-state index contributed by atoms with van der Waals surface area (Å²) in [6, 6.07) is 13.2. The minimum atomic E-state index is -0.0983. The van der Waals surface area contributed by atoms with Gasteiger partial charge in [-0.15, -0.1) is 0 Å². The van der Waals surface area contributed by atoms with E-state index >= 15 is 0 Å². The van der Waals surface area contributed by atoms with Gasteiger partial charge >= 0.3 is 0 Å². The highest BCUT2D eigenvalue weighted by molar-refractivity contribution is 6.31. The Morgan fingerprint density at radius 2 is 2.04 bits per heavy atom. The van der Waals surface area contributed by atoms with E-state index in [1.165, 1.54) is 0 Å². The van der Waals surface area contributed by atoms with E-state index in [0.717, 1.165) is 27.9 Å². The molecule has 0 radical (unpaired) electrons. The number of fused-ring (bicyclic) bond motifs is 1. The van der Waals surface area contributed by atoms with E-state index in [0.29, 0.717) is 23.7 Å². The topological polar surface area (TPSA) is 54.1 Å². The Balaban J connectivity index is 1.89. The number of halogens is 1. The number of hydrogen-bond donors (Lipinski definition) is 2. The van der Waals surface area contributed by atoms with Gasteiger partial charge < -0.3 is 15.0 Å². The van der Waals surface area contributed by atoms with Crippen LogP contribution in [-0.2, 0) is 6.54 Å². The van der Waals surface area contributed by atoms with E-state index in [4.69, 9.17) is 16.3 Å². The molecule has 0 amide bonds. The average molecular weight is 343 g/mol. The van der Waals surface area contributed by atoms with E-state index in [9.17, 15) is 4.79 Å².